The number of hydrogen-bond acceptors (Lipinski definition) is 4. The summed E-state index contributed by atoms with van der Waals surface area (Å²) in [5.41, 5.74) is 1.05. The lowest BCUT2D eigenvalue weighted by molar-refractivity contribution is -0.132. The fraction of sp³-hybridized carbons (Fsp3) is 0.500. The van der Waals surface area contributed by atoms with Crippen LogP contribution in [0.3, 0.4) is 0 Å². The third-order valence-electron chi connectivity index (χ3n) is 3.59. The summed E-state index contributed by atoms with van der Waals surface area (Å²) >= 11 is 0. The number of fused-ring (bicyclic) bond motifs is 1. The van der Waals surface area contributed by atoms with Gasteiger partial charge in [0.1, 0.15) is 0 Å². The van der Waals surface area contributed by atoms with Gasteiger partial charge in [-0.25, -0.2) is 0 Å². The molecular weight excluding hydrogens is 244 g/mol. The Morgan fingerprint density at radius 2 is 2.26 bits per heavy atom. The highest BCUT2D eigenvalue weighted by Crippen LogP contribution is 2.32. The van der Waals surface area contributed by atoms with Crippen molar-refractivity contribution in [3.8, 4) is 11.5 Å². The maximum Gasteiger partial charge on any atom is 0.239 e. The molecule has 5 heteroatoms. The largest absolute Gasteiger partial charge is 0.454 e. The third-order valence-corrected chi connectivity index (χ3v) is 3.59. The topological polar surface area (TPSA) is 50.8 Å². The molecule has 0 bridgehead atoms. The zero-order chi connectivity index (χ0) is 13.2. The number of ether oxygens (including phenoxy) is 2. The molecule has 1 aromatic carbocycles. The van der Waals surface area contributed by atoms with Crippen molar-refractivity contribution in [2.24, 2.45) is 0 Å². The van der Waals surface area contributed by atoms with Gasteiger partial charge in [0, 0.05) is 13.6 Å². The number of carbonyl (C=O) groups is 1. The molecule has 2 heterocycles. The van der Waals surface area contributed by atoms with Gasteiger partial charge in [-0.2, -0.15) is 0 Å². The molecule has 1 atom stereocenters. The van der Waals surface area contributed by atoms with Gasteiger partial charge in [0.15, 0.2) is 11.5 Å². The molecule has 0 spiro atoms. The van der Waals surface area contributed by atoms with Crippen LogP contribution in [0.1, 0.15) is 18.4 Å². The zero-order valence-electron chi connectivity index (χ0n) is 11.0. The van der Waals surface area contributed by atoms with Crippen molar-refractivity contribution in [1.29, 1.82) is 0 Å². The highest BCUT2D eigenvalue weighted by molar-refractivity contribution is 5.81. The number of likely N-dealkylation sites (N-methyl/N-ethyl adjacent to an activating group) is 1. The molecule has 2 aliphatic heterocycles. The highest BCUT2D eigenvalue weighted by Gasteiger charge is 2.25. The molecule has 0 saturated carbocycles. The smallest absolute Gasteiger partial charge is 0.239 e. The van der Waals surface area contributed by atoms with Gasteiger partial charge in [-0.1, -0.05) is 6.07 Å². The number of amides is 1. The molecule has 1 fully saturated rings. The van der Waals surface area contributed by atoms with Crippen molar-refractivity contribution in [3.05, 3.63) is 23.8 Å². The van der Waals surface area contributed by atoms with Crippen LogP contribution in [0.5, 0.6) is 11.5 Å². The fourth-order valence-electron chi connectivity index (χ4n) is 2.55. The summed E-state index contributed by atoms with van der Waals surface area (Å²) < 4.78 is 10.6. The molecule has 0 aliphatic carbocycles. The number of nitrogens with zero attached hydrogens (tertiary/aromatic N) is 1. The minimum Gasteiger partial charge on any atom is -0.454 e. The SMILES string of the molecule is CN(Cc1ccc2c(c1)OCO2)C(=O)C1CCCN1. The normalized spacial score (nSPS) is 20.6. The van der Waals surface area contributed by atoms with Gasteiger partial charge in [-0.05, 0) is 37.1 Å². The Balaban J connectivity index is 1.65. The Labute approximate surface area is 112 Å². The molecule has 5 nitrogen and oxygen atoms in total. The van der Waals surface area contributed by atoms with Gasteiger partial charge in [-0.3, -0.25) is 4.79 Å². The monoisotopic (exact) mass is 262 g/mol. The van der Waals surface area contributed by atoms with E-state index in [4.69, 9.17) is 9.47 Å². The molecule has 1 saturated heterocycles. The summed E-state index contributed by atoms with van der Waals surface area (Å²) in [4.78, 5) is 14.0. The van der Waals surface area contributed by atoms with Gasteiger partial charge in [0.2, 0.25) is 12.7 Å². The molecule has 0 aromatic heterocycles. The molecule has 1 aromatic rings. The first kappa shape index (κ1) is 12.3. The summed E-state index contributed by atoms with van der Waals surface area (Å²) in [5, 5.41) is 3.23. The van der Waals surface area contributed by atoms with Crippen LogP contribution in [-0.4, -0.2) is 37.2 Å². The zero-order valence-corrected chi connectivity index (χ0v) is 11.0. The standard InChI is InChI=1S/C14H18N2O3/c1-16(14(17)11-3-2-6-15-11)8-10-4-5-12-13(7-10)19-9-18-12/h4-5,7,11,15H,2-3,6,8-9H2,1H3. The van der Waals surface area contributed by atoms with E-state index in [0.717, 1.165) is 36.4 Å². The van der Waals surface area contributed by atoms with Crippen molar-refractivity contribution < 1.29 is 14.3 Å². The number of rotatable bonds is 3. The van der Waals surface area contributed by atoms with Gasteiger partial charge in [0.25, 0.3) is 0 Å². The summed E-state index contributed by atoms with van der Waals surface area (Å²) in [6.45, 7) is 1.81. The Hall–Kier alpha value is -1.75. The number of carbonyl (C=O) groups excluding carboxylic acids is 1. The molecule has 102 valence electrons. The van der Waals surface area contributed by atoms with Crippen LogP contribution in [0.15, 0.2) is 18.2 Å². The average molecular weight is 262 g/mol. The van der Waals surface area contributed by atoms with Crippen molar-refractivity contribution >= 4 is 5.91 Å². The lowest BCUT2D eigenvalue weighted by Gasteiger charge is -2.21. The second kappa shape index (κ2) is 5.09. The van der Waals surface area contributed by atoms with Crippen molar-refractivity contribution in [3.63, 3.8) is 0 Å². The van der Waals surface area contributed by atoms with E-state index in [1.54, 1.807) is 4.90 Å². The minimum absolute atomic E-state index is 0.0148. The van der Waals surface area contributed by atoms with Crippen LogP contribution in [0.4, 0.5) is 0 Å². The molecule has 19 heavy (non-hydrogen) atoms. The second-order valence-corrected chi connectivity index (χ2v) is 5.03. The van der Waals surface area contributed by atoms with Crippen LogP contribution in [0, 0.1) is 0 Å². The van der Waals surface area contributed by atoms with E-state index >= 15 is 0 Å². The summed E-state index contributed by atoms with van der Waals surface area (Å²) in [6.07, 6.45) is 2.01. The summed E-state index contributed by atoms with van der Waals surface area (Å²) in [7, 11) is 1.84. The first-order valence-electron chi connectivity index (χ1n) is 6.61. The van der Waals surface area contributed by atoms with Gasteiger partial charge in [-0.15, -0.1) is 0 Å². The molecule has 2 aliphatic rings. The first-order valence-corrected chi connectivity index (χ1v) is 6.61. The molecule has 0 radical (unpaired) electrons. The third kappa shape index (κ3) is 2.51. The maximum atomic E-state index is 12.2. The minimum atomic E-state index is -0.0148. The second-order valence-electron chi connectivity index (χ2n) is 5.03. The molecule has 1 N–H and O–H groups in total. The van der Waals surface area contributed by atoms with Crippen LogP contribution >= 0.6 is 0 Å². The average Bonchev–Trinajstić information content (AvgIpc) is 3.08. The Bertz CT molecular complexity index is 484. The Kier molecular flexibility index (Phi) is 3.29. The van der Waals surface area contributed by atoms with Crippen LogP contribution in [0.2, 0.25) is 0 Å². The predicted molar refractivity (Wildman–Crippen MR) is 70.1 cm³/mol. The van der Waals surface area contributed by atoms with E-state index in [1.807, 2.05) is 25.2 Å². The Morgan fingerprint density at radius 1 is 1.42 bits per heavy atom. The fourth-order valence-corrected chi connectivity index (χ4v) is 2.55. The van der Waals surface area contributed by atoms with E-state index < -0.39 is 0 Å². The lowest BCUT2D eigenvalue weighted by atomic mass is 10.1. The number of hydrogen-bond donors (Lipinski definition) is 1. The maximum absolute atomic E-state index is 12.2. The summed E-state index contributed by atoms with van der Waals surface area (Å²) in [6, 6.07) is 5.79. The van der Waals surface area contributed by atoms with Gasteiger partial charge in [0.05, 0.1) is 6.04 Å². The molecular formula is C14H18N2O3. The van der Waals surface area contributed by atoms with E-state index in [0.29, 0.717) is 6.54 Å². The van der Waals surface area contributed by atoms with Gasteiger partial charge < -0.3 is 19.7 Å². The number of nitrogens with one attached hydrogen (secondary N) is 1. The van der Waals surface area contributed by atoms with E-state index in [1.165, 1.54) is 0 Å². The quantitative estimate of drug-likeness (QED) is 0.887. The van der Waals surface area contributed by atoms with E-state index in [-0.39, 0.29) is 18.7 Å². The van der Waals surface area contributed by atoms with Crippen molar-refractivity contribution in [1.82, 2.24) is 10.2 Å². The highest BCUT2D eigenvalue weighted by atomic mass is 16.7. The number of benzene rings is 1. The van der Waals surface area contributed by atoms with Crippen LogP contribution in [-0.2, 0) is 11.3 Å². The van der Waals surface area contributed by atoms with E-state index in [2.05, 4.69) is 5.32 Å². The van der Waals surface area contributed by atoms with Crippen LogP contribution < -0.4 is 14.8 Å². The van der Waals surface area contributed by atoms with Crippen molar-refractivity contribution in [2.75, 3.05) is 20.4 Å². The first-order chi connectivity index (χ1) is 9.24. The lowest BCUT2D eigenvalue weighted by Crippen LogP contribution is -2.41. The predicted octanol–water partition coefficient (Wildman–Crippen LogP) is 1.13. The van der Waals surface area contributed by atoms with Crippen molar-refractivity contribution in [2.45, 2.75) is 25.4 Å². The molecule has 1 unspecified atom stereocenters. The molecule has 3 rings (SSSR count). The van der Waals surface area contributed by atoms with Gasteiger partial charge >= 0.3 is 0 Å². The van der Waals surface area contributed by atoms with Crippen LogP contribution in [0.25, 0.3) is 0 Å². The summed E-state index contributed by atoms with van der Waals surface area (Å²) in [5.74, 6) is 1.70. The molecule has 1 amide bonds. The Morgan fingerprint density at radius 3 is 3.05 bits per heavy atom. The van der Waals surface area contributed by atoms with E-state index in [9.17, 15) is 4.79 Å².